The topological polar surface area (TPSA) is 96.6 Å². The van der Waals surface area contributed by atoms with Crippen LogP contribution in [0.2, 0.25) is 0 Å². The predicted molar refractivity (Wildman–Crippen MR) is 107 cm³/mol. The van der Waals surface area contributed by atoms with Crippen LogP contribution in [-0.4, -0.2) is 61.4 Å². The van der Waals surface area contributed by atoms with Gasteiger partial charge in [0.15, 0.2) is 17.3 Å². The Balaban J connectivity index is 1.54. The average molecular weight is 400 g/mol. The second-order valence-electron chi connectivity index (χ2n) is 6.41. The highest BCUT2D eigenvalue weighted by molar-refractivity contribution is 7.13. The van der Waals surface area contributed by atoms with Gasteiger partial charge in [-0.1, -0.05) is 11.2 Å². The lowest BCUT2D eigenvalue weighted by molar-refractivity contribution is 0.101. The van der Waals surface area contributed by atoms with Gasteiger partial charge in [-0.15, -0.1) is 11.3 Å². The minimum Gasteiger partial charge on any atom is -0.378 e. The van der Waals surface area contributed by atoms with Crippen LogP contribution in [0.4, 0.5) is 17.5 Å². The first-order chi connectivity index (χ1) is 13.6. The Hall–Kier alpha value is -2.98. The molecule has 1 fully saturated rings. The van der Waals surface area contributed by atoms with E-state index in [1.807, 2.05) is 36.5 Å². The number of hydrogen-bond donors (Lipinski definition) is 1. The fourth-order valence-electron chi connectivity index (χ4n) is 2.81. The molecule has 0 bridgehead atoms. The van der Waals surface area contributed by atoms with Gasteiger partial charge in [0.25, 0.3) is 5.91 Å². The second kappa shape index (κ2) is 7.95. The normalized spacial score (nSPS) is 14.1. The van der Waals surface area contributed by atoms with Crippen molar-refractivity contribution in [3.8, 4) is 10.6 Å². The van der Waals surface area contributed by atoms with Gasteiger partial charge in [-0.05, 0) is 11.4 Å². The number of thiophene rings is 1. The molecule has 0 aromatic carbocycles. The molecule has 4 rings (SSSR count). The Kier molecular flexibility index (Phi) is 5.22. The van der Waals surface area contributed by atoms with Gasteiger partial charge in [0.1, 0.15) is 5.69 Å². The highest BCUT2D eigenvalue weighted by atomic mass is 32.1. The first-order valence-corrected chi connectivity index (χ1v) is 9.69. The molecule has 0 aliphatic carbocycles. The zero-order valence-electron chi connectivity index (χ0n) is 15.6. The molecule has 146 valence electrons. The zero-order chi connectivity index (χ0) is 19.5. The van der Waals surface area contributed by atoms with Crippen LogP contribution in [0, 0.1) is 0 Å². The predicted octanol–water partition coefficient (Wildman–Crippen LogP) is 2.35. The van der Waals surface area contributed by atoms with Crippen molar-refractivity contribution >= 4 is 34.7 Å². The molecule has 0 atom stereocenters. The summed E-state index contributed by atoms with van der Waals surface area (Å²) in [5, 5.41) is 8.64. The summed E-state index contributed by atoms with van der Waals surface area (Å²) >= 11 is 1.52. The van der Waals surface area contributed by atoms with E-state index in [0.29, 0.717) is 36.4 Å². The van der Waals surface area contributed by atoms with Crippen molar-refractivity contribution in [2.75, 3.05) is 55.5 Å². The summed E-state index contributed by atoms with van der Waals surface area (Å²) in [6.07, 6.45) is 1.62. The van der Waals surface area contributed by atoms with Gasteiger partial charge in [0, 0.05) is 33.3 Å². The Morgan fingerprint density at radius 3 is 2.86 bits per heavy atom. The summed E-state index contributed by atoms with van der Waals surface area (Å²) in [6.45, 7) is 2.78. The molecule has 0 unspecified atom stereocenters. The Morgan fingerprint density at radius 2 is 2.14 bits per heavy atom. The van der Waals surface area contributed by atoms with Crippen molar-refractivity contribution in [2.45, 2.75) is 0 Å². The lowest BCUT2D eigenvalue weighted by Crippen LogP contribution is -2.37. The molecule has 3 aromatic heterocycles. The van der Waals surface area contributed by atoms with Gasteiger partial charge in [0.05, 0.1) is 24.3 Å². The monoisotopic (exact) mass is 400 g/mol. The Morgan fingerprint density at radius 1 is 1.32 bits per heavy atom. The van der Waals surface area contributed by atoms with Crippen LogP contribution in [0.1, 0.15) is 10.5 Å². The van der Waals surface area contributed by atoms with Crippen LogP contribution in [-0.2, 0) is 4.74 Å². The average Bonchev–Trinajstić information content (AvgIpc) is 3.40. The van der Waals surface area contributed by atoms with Gasteiger partial charge in [-0.2, -0.15) is 4.98 Å². The standard InChI is InChI=1S/C18H20N6O3S/c1-23(2)16-13(11-19-18(21-16)24-5-7-26-8-6-24)20-17(25)12-10-14(27-22-12)15-4-3-9-28-15/h3-4,9-11H,5-8H2,1-2H3,(H,20,25). The molecule has 28 heavy (non-hydrogen) atoms. The molecule has 3 aromatic rings. The molecule has 1 aliphatic rings. The maximum absolute atomic E-state index is 12.6. The van der Waals surface area contributed by atoms with Gasteiger partial charge in [0.2, 0.25) is 5.95 Å². The number of rotatable bonds is 5. The smallest absolute Gasteiger partial charge is 0.278 e. The summed E-state index contributed by atoms with van der Waals surface area (Å²) in [6, 6.07) is 5.45. The maximum Gasteiger partial charge on any atom is 0.278 e. The lowest BCUT2D eigenvalue weighted by Gasteiger charge is -2.28. The highest BCUT2D eigenvalue weighted by Gasteiger charge is 2.20. The molecule has 4 heterocycles. The zero-order valence-corrected chi connectivity index (χ0v) is 16.4. The number of morpholine rings is 1. The maximum atomic E-state index is 12.6. The van der Waals surface area contributed by atoms with Crippen LogP contribution < -0.4 is 15.1 Å². The van der Waals surface area contributed by atoms with Crippen molar-refractivity contribution in [1.29, 1.82) is 0 Å². The largest absolute Gasteiger partial charge is 0.378 e. The summed E-state index contributed by atoms with van der Waals surface area (Å²) < 4.78 is 10.7. The molecule has 1 N–H and O–H groups in total. The number of ether oxygens (including phenoxy) is 1. The summed E-state index contributed by atoms with van der Waals surface area (Å²) in [5.41, 5.74) is 0.707. The van der Waals surface area contributed by atoms with E-state index in [0.717, 1.165) is 18.0 Å². The number of carbonyl (C=O) groups is 1. The summed E-state index contributed by atoms with van der Waals surface area (Å²) in [4.78, 5) is 26.5. The fraction of sp³-hybridized carbons (Fsp3) is 0.333. The van der Waals surface area contributed by atoms with E-state index in [1.54, 1.807) is 12.3 Å². The SMILES string of the molecule is CN(C)c1nc(N2CCOCC2)ncc1NC(=O)c1cc(-c2cccs2)on1. The number of hydrogen-bond acceptors (Lipinski definition) is 9. The van der Waals surface area contributed by atoms with Gasteiger partial charge in [-0.3, -0.25) is 4.79 Å². The van der Waals surface area contributed by atoms with Crippen LogP contribution in [0.15, 0.2) is 34.3 Å². The van der Waals surface area contributed by atoms with Gasteiger partial charge < -0.3 is 24.4 Å². The van der Waals surface area contributed by atoms with E-state index in [2.05, 4.69) is 25.3 Å². The third-order valence-corrected chi connectivity index (χ3v) is 5.11. The molecule has 0 spiro atoms. The van der Waals surface area contributed by atoms with Crippen molar-refractivity contribution in [3.05, 3.63) is 35.5 Å². The Bertz CT molecular complexity index is 950. The van der Waals surface area contributed by atoms with Crippen LogP contribution in [0.5, 0.6) is 0 Å². The first-order valence-electron chi connectivity index (χ1n) is 8.81. The first kappa shape index (κ1) is 18.4. The molecule has 1 saturated heterocycles. The third kappa shape index (κ3) is 3.82. The second-order valence-corrected chi connectivity index (χ2v) is 7.36. The number of anilines is 3. The Labute approximate surface area is 165 Å². The number of nitrogens with one attached hydrogen (secondary N) is 1. The van der Waals surface area contributed by atoms with Crippen molar-refractivity contribution < 1.29 is 14.1 Å². The number of nitrogens with zero attached hydrogens (tertiary/aromatic N) is 5. The van der Waals surface area contributed by atoms with E-state index in [4.69, 9.17) is 9.26 Å². The van der Waals surface area contributed by atoms with Crippen molar-refractivity contribution in [1.82, 2.24) is 15.1 Å². The molecule has 1 amide bonds. The number of aromatic nitrogens is 3. The summed E-state index contributed by atoms with van der Waals surface area (Å²) in [7, 11) is 3.73. The number of amides is 1. The van der Waals surface area contributed by atoms with Gasteiger partial charge >= 0.3 is 0 Å². The van der Waals surface area contributed by atoms with E-state index in [1.165, 1.54) is 11.3 Å². The molecular formula is C18H20N6O3S. The van der Waals surface area contributed by atoms with Crippen molar-refractivity contribution in [3.63, 3.8) is 0 Å². The van der Waals surface area contributed by atoms with E-state index in [-0.39, 0.29) is 11.6 Å². The van der Waals surface area contributed by atoms with Crippen LogP contribution >= 0.6 is 11.3 Å². The minimum atomic E-state index is -0.377. The highest BCUT2D eigenvalue weighted by Crippen LogP contribution is 2.27. The van der Waals surface area contributed by atoms with E-state index < -0.39 is 0 Å². The minimum absolute atomic E-state index is 0.199. The van der Waals surface area contributed by atoms with Crippen LogP contribution in [0.25, 0.3) is 10.6 Å². The number of carbonyl (C=O) groups excluding carboxylic acids is 1. The summed E-state index contributed by atoms with van der Waals surface area (Å²) in [5.74, 6) is 1.42. The third-order valence-electron chi connectivity index (χ3n) is 4.23. The molecule has 10 heteroatoms. The molecular weight excluding hydrogens is 380 g/mol. The van der Waals surface area contributed by atoms with Crippen LogP contribution in [0.3, 0.4) is 0 Å². The van der Waals surface area contributed by atoms with E-state index >= 15 is 0 Å². The lowest BCUT2D eigenvalue weighted by atomic mass is 10.3. The van der Waals surface area contributed by atoms with Gasteiger partial charge in [-0.25, -0.2) is 4.98 Å². The molecule has 0 radical (unpaired) electrons. The quantitative estimate of drug-likeness (QED) is 0.697. The van der Waals surface area contributed by atoms with Crippen molar-refractivity contribution in [2.24, 2.45) is 0 Å². The molecule has 9 nitrogen and oxygen atoms in total. The molecule has 0 saturated carbocycles. The molecule has 1 aliphatic heterocycles. The van der Waals surface area contributed by atoms with E-state index in [9.17, 15) is 4.79 Å². The fourth-order valence-corrected chi connectivity index (χ4v) is 3.49.